The van der Waals surface area contributed by atoms with Gasteiger partial charge in [0.05, 0.1) is 0 Å². The Bertz CT molecular complexity index is 167. The maximum atomic E-state index is 12.0. The minimum atomic E-state index is -2.42. The maximum Gasteiger partial charge on any atom is 0.263 e. The van der Waals surface area contributed by atoms with Crippen molar-refractivity contribution in [3.63, 3.8) is 0 Å². The summed E-state index contributed by atoms with van der Waals surface area (Å²) >= 11 is 0. The van der Waals surface area contributed by atoms with Gasteiger partial charge in [0.25, 0.3) is 6.43 Å². The molecule has 0 aromatic heterocycles. The molecule has 0 aromatic carbocycles. The topological polar surface area (TPSA) is 0 Å². The summed E-state index contributed by atoms with van der Waals surface area (Å²) in [4.78, 5) is 0. The average Bonchev–Trinajstić information content (AvgIpc) is 2.15. The summed E-state index contributed by atoms with van der Waals surface area (Å²) in [5, 5.41) is 0. The third-order valence-electron chi connectivity index (χ3n) is 1.15. The van der Waals surface area contributed by atoms with Crippen LogP contribution in [0, 0.1) is 0 Å². The Kier molecular flexibility index (Phi) is 12.4. The minimum Gasteiger partial charge on any atom is -0.205 e. The monoisotopic (exact) mass is 188 g/mol. The van der Waals surface area contributed by atoms with Crippen molar-refractivity contribution in [2.75, 3.05) is 0 Å². The molecule has 0 aliphatic carbocycles. The number of hydrogen-bond donors (Lipinski definition) is 0. The molecule has 76 valence electrons. The number of allylic oxidation sites excluding steroid dienone is 5. The number of halogens is 2. The van der Waals surface area contributed by atoms with E-state index in [0.29, 0.717) is 0 Å². The fraction of sp³-hybridized carbons (Fsp3) is 0.455. The van der Waals surface area contributed by atoms with E-state index >= 15 is 0 Å². The van der Waals surface area contributed by atoms with E-state index in [1.807, 2.05) is 26.8 Å². The van der Waals surface area contributed by atoms with Crippen LogP contribution in [0.2, 0.25) is 0 Å². The highest BCUT2D eigenvalue weighted by Crippen LogP contribution is 2.08. The Morgan fingerprint density at radius 2 is 1.92 bits per heavy atom. The van der Waals surface area contributed by atoms with E-state index in [4.69, 9.17) is 0 Å². The number of rotatable bonds is 4. The van der Waals surface area contributed by atoms with Gasteiger partial charge in [0.15, 0.2) is 0 Å². The largest absolute Gasteiger partial charge is 0.263 e. The predicted octanol–water partition coefficient (Wildman–Crippen LogP) is 4.36. The lowest BCUT2D eigenvalue weighted by Gasteiger charge is -1.95. The van der Waals surface area contributed by atoms with Crippen LogP contribution in [-0.2, 0) is 0 Å². The van der Waals surface area contributed by atoms with Crippen LogP contribution in [0.3, 0.4) is 0 Å². The highest BCUT2D eigenvalue weighted by Gasteiger charge is 2.03. The quantitative estimate of drug-likeness (QED) is 0.575. The molecule has 0 nitrogen and oxygen atoms in total. The summed E-state index contributed by atoms with van der Waals surface area (Å²) in [6.07, 6.45) is 4.40. The fourth-order valence-corrected chi connectivity index (χ4v) is 0.545. The van der Waals surface area contributed by atoms with Crippen LogP contribution in [-0.4, -0.2) is 6.43 Å². The minimum absolute atomic E-state index is 0.0327. The van der Waals surface area contributed by atoms with Crippen molar-refractivity contribution >= 4 is 0 Å². The van der Waals surface area contributed by atoms with Gasteiger partial charge in [-0.2, -0.15) is 0 Å². The van der Waals surface area contributed by atoms with Gasteiger partial charge in [0.2, 0.25) is 0 Å². The normalized spacial score (nSPS) is 11.4. The third-order valence-corrected chi connectivity index (χ3v) is 1.15. The van der Waals surface area contributed by atoms with E-state index in [0.717, 1.165) is 6.42 Å². The van der Waals surface area contributed by atoms with Gasteiger partial charge in [-0.25, -0.2) is 8.78 Å². The first kappa shape index (κ1) is 14.6. The van der Waals surface area contributed by atoms with Crippen molar-refractivity contribution < 1.29 is 8.78 Å². The molecule has 0 aromatic rings. The molecule has 0 heterocycles. The first-order chi connectivity index (χ1) is 6.22. The maximum absolute atomic E-state index is 12.0. The van der Waals surface area contributed by atoms with Crippen molar-refractivity contribution in [1.82, 2.24) is 0 Å². The average molecular weight is 188 g/mol. The zero-order valence-corrected chi connectivity index (χ0v) is 8.56. The molecule has 0 radical (unpaired) electrons. The molecule has 0 bridgehead atoms. The highest BCUT2D eigenvalue weighted by atomic mass is 19.3. The van der Waals surface area contributed by atoms with Gasteiger partial charge < -0.3 is 0 Å². The Labute approximate surface area is 79.7 Å². The molecule has 0 atom stereocenters. The molecule has 0 fully saturated rings. The lowest BCUT2D eigenvalue weighted by atomic mass is 10.2. The standard InChI is InChI=1S/C9H12F2.C2H6/c1-3-5-6-7-8(4-2)9(10)11;1-2/h4-7,9H,2-3H2,1H3;1-2H3/b6-5+,8-7+;. The smallest absolute Gasteiger partial charge is 0.205 e. The second-order valence-electron chi connectivity index (χ2n) is 2.01. The Hall–Kier alpha value is -0.920. The van der Waals surface area contributed by atoms with Gasteiger partial charge in [0, 0.05) is 5.57 Å². The van der Waals surface area contributed by atoms with Gasteiger partial charge in [-0.3, -0.25) is 0 Å². The molecule has 13 heavy (non-hydrogen) atoms. The molecule has 2 heteroatoms. The van der Waals surface area contributed by atoms with Crippen LogP contribution in [0.4, 0.5) is 8.78 Å². The molecule has 0 amide bonds. The summed E-state index contributed by atoms with van der Waals surface area (Å²) in [7, 11) is 0. The van der Waals surface area contributed by atoms with E-state index in [1.54, 1.807) is 6.08 Å². The third kappa shape index (κ3) is 8.99. The Morgan fingerprint density at radius 1 is 1.38 bits per heavy atom. The highest BCUT2D eigenvalue weighted by molar-refractivity contribution is 5.23. The summed E-state index contributed by atoms with van der Waals surface area (Å²) in [5.74, 6) is 0. The second-order valence-corrected chi connectivity index (χ2v) is 2.01. The van der Waals surface area contributed by atoms with Crippen molar-refractivity contribution in [3.05, 3.63) is 36.5 Å². The molecule has 0 aliphatic rings. The van der Waals surface area contributed by atoms with Crippen molar-refractivity contribution in [2.24, 2.45) is 0 Å². The van der Waals surface area contributed by atoms with Crippen LogP contribution in [0.15, 0.2) is 36.5 Å². The molecular weight excluding hydrogens is 170 g/mol. The molecule has 0 aliphatic heterocycles. The molecule has 0 N–H and O–H groups in total. The van der Waals surface area contributed by atoms with Crippen molar-refractivity contribution in [3.8, 4) is 0 Å². The van der Waals surface area contributed by atoms with Gasteiger partial charge in [-0.05, 0) is 6.42 Å². The summed E-state index contributed by atoms with van der Waals surface area (Å²) in [5.41, 5.74) is -0.0327. The van der Waals surface area contributed by atoms with E-state index in [9.17, 15) is 8.78 Å². The van der Waals surface area contributed by atoms with Crippen LogP contribution >= 0.6 is 0 Å². The summed E-state index contributed by atoms with van der Waals surface area (Å²) in [6.45, 7) is 9.22. The summed E-state index contributed by atoms with van der Waals surface area (Å²) in [6, 6.07) is 0. The zero-order chi connectivity index (χ0) is 10.7. The predicted molar refractivity (Wildman–Crippen MR) is 55.1 cm³/mol. The van der Waals surface area contributed by atoms with Crippen molar-refractivity contribution in [2.45, 2.75) is 33.6 Å². The Morgan fingerprint density at radius 3 is 2.23 bits per heavy atom. The fourth-order valence-electron chi connectivity index (χ4n) is 0.545. The van der Waals surface area contributed by atoms with Gasteiger partial charge >= 0.3 is 0 Å². The molecule has 0 rings (SSSR count). The van der Waals surface area contributed by atoms with E-state index in [-0.39, 0.29) is 5.57 Å². The lowest BCUT2D eigenvalue weighted by molar-refractivity contribution is 0.194. The van der Waals surface area contributed by atoms with Crippen LogP contribution in [0.1, 0.15) is 27.2 Å². The SMILES string of the molecule is C=C/C(=C\C=C\CC)C(F)F.CC. The molecule has 0 spiro atoms. The lowest BCUT2D eigenvalue weighted by Crippen LogP contribution is -1.91. The van der Waals surface area contributed by atoms with E-state index < -0.39 is 6.43 Å². The van der Waals surface area contributed by atoms with E-state index in [1.165, 1.54) is 12.2 Å². The van der Waals surface area contributed by atoms with Gasteiger partial charge in [-0.15, -0.1) is 0 Å². The van der Waals surface area contributed by atoms with Gasteiger partial charge in [-0.1, -0.05) is 51.7 Å². The molecule has 0 unspecified atom stereocenters. The van der Waals surface area contributed by atoms with Crippen LogP contribution in [0.25, 0.3) is 0 Å². The zero-order valence-electron chi connectivity index (χ0n) is 8.56. The first-order valence-electron chi connectivity index (χ1n) is 4.49. The van der Waals surface area contributed by atoms with Crippen LogP contribution < -0.4 is 0 Å². The molecule has 0 saturated heterocycles. The second kappa shape index (κ2) is 11.1. The van der Waals surface area contributed by atoms with Gasteiger partial charge in [0.1, 0.15) is 0 Å². The summed E-state index contributed by atoms with van der Waals surface area (Å²) < 4.78 is 23.9. The number of alkyl halides is 2. The van der Waals surface area contributed by atoms with E-state index in [2.05, 4.69) is 6.58 Å². The molecular formula is C11H18F2. The Balaban J connectivity index is 0. The number of hydrogen-bond acceptors (Lipinski definition) is 0. The molecule has 0 saturated carbocycles. The van der Waals surface area contributed by atoms with Crippen LogP contribution in [0.5, 0.6) is 0 Å². The first-order valence-corrected chi connectivity index (χ1v) is 4.49. The van der Waals surface area contributed by atoms with Crippen molar-refractivity contribution in [1.29, 1.82) is 0 Å².